The van der Waals surface area contributed by atoms with E-state index in [0.717, 1.165) is 19.3 Å². The zero-order chi connectivity index (χ0) is 15.2. The van der Waals surface area contributed by atoms with Crippen LogP contribution in [0.2, 0.25) is 5.02 Å². The monoisotopic (exact) mass is 310 g/mol. The number of carbonyl (C=O) groups excluding carboxylic acids is 2. The summed E-state index contributed by atoms with van der Waals surface area (Å²) in [4.78, 5) is 23.7. The van der Waals surface area contributed by atoms with Crippen LogP contribution in [0.25, 0.3) is 0 Å². The predicted octanol–water partition coefficient (Wildman–Crippen LogP) is 1.35. The number of carbonyl (C=O) groups is 2. The van der Waals surface area contributed by atoms with Crippen molar-refractivity contribution in [3.8, 4) is 0 Å². The van der Waals surface area contributed by atoms with Crippen LogP contribution in [0.4, 0.5) is 0 Å². The van der Waals surface area contributed by atoms with Crippen LogP contribution < -0.4 is 10.6 Å². The molecule has 0 heterocycles. The van der Waals surface area contributed by atoms with Crippen molar-refractivity contribution in [2.75, 3.05) is 13.2 Å². The average molecular weight is 311 g/mol. The van der Waals surface area contributed by atoms with E-state index in [4.69, 9.17) is 11.6 Å². The zero-order valence-corrected chi connectivity index (χ0v) is 12.4. The molecule has 0 aromatic heterocycles. The lowest BCUT2D eigenvalue weighted by atomic mass is 10.1. The van der Waals surface area contributed by atoms with Gasteiger partial charge >= 0.3 is 0 Å². The summed E-state index contributed by atoms with van der Waals surface area (Å²) < 4.78 is 0. The molecule has 0 bridgehead atoms. The minimum atomic E-state index is -0.313. The van der Waals surface area contributed by atoms with E-state index in [0.29, 0.717) is 10.6 Å². The largest absolute Gasteiger partial charge is 0.396 e. The van der Waals surface area contributed by atoms with Gasteiger partial charge in [0.2, 0.25) is 5.91 Å². The van der Waals surface area contributed by atoms with E-state index < -0.39 is 0 Å². The molecule has 0 saturated heterocycles. The second-order valence-corrected chi connectivity index (χ2v) is 5.67. The van der Waals surface area contributed by atoms with Crippen molar-refractivity contribution >= 4 is 23.4 Å². The molecular weight excluding hydrogens is 292 g/mol. The number of aliphatic hydroxyl groups is 1. The Bertz CT molecular complexity index is 504. The second kappa shape index (κ2) is 7.43. The number of aliphatic hydroxyl groups excluding tert-OH is 1. The summed E-state index contributed by atoms with van der Waals surface area (Å²) in [6, 6.07) is 6.47. The molecule has 1 fully saturated rings. The first-order chi connectivity index (χ1) is 10.1. The third-order valence-electron chi connectivity index (χ3n) is 3.76. The lowest BCUT2D eigenvalue weighted by Gasteiger charge is -2.19. The Hall–Kier alpha value is -1.59. The van der Waals surface area contributed by atoms with E-state index >= 15 is 0 Å². The van der Waals surface area contributed by atoms with Crippen LogP contribution in [0.1, 0.15) is 29.6 Å². The maximum absolute atomic E-state index is 11.8. The molecule has 2 unspecified atom stereocenters. The van der Waals surface area contributed by atoms with Crippen LogP contribution in [0.5, 0.6) is 0 Å². The molecule has 21 heavy (non-hydrogen) atoms. The van der Waals surface area contributed by atoms with Crippen LogP contribution in [-0.2, 0) is 4.79 Å². The Balaban J connectivity index is 1.78. The quantitative estimate of drug-likeness (QED) is 0.768. The lowest BCUT2D eigenvalue weighted by molar-refractivity contribution is -0.121. The van der Waals surface area contributed by atoms with Crippen molar-refractivity contribution in [1.82, 2.24) is 10.6 Å². The number of hydrogen-bond acceptors (Lipinski definition) is 3. The number of hydrogen-bond donors (Lipinski definition) is 3. The van der Waals surface area contributed by atoms with E-state index in [-0.39, 0.29) is 36.9 Å². The number of benzene rings is 1. The maximum Gasteiger partial charge on any atom is 0.251 e. The normalized spacial score (nSPS) is 21.0. The van der Waals surface area contributed by atoms with Gasteiger partial charge in [-0.3, -0.25) is 9.59 Å². The van der Waals surface area contributed by atoms with Crippen molar-refractivity contribution in [3.05, 3.63) is 34.9 Å². The Kier molecular flexibility index (Phi) is 5.59. The molecule has 1 aliphatic rings. The van der Waals surface area contributed by atoms with E-state index in [1.807, 2.05) is 0 Å². The molecule has 1 saturated carbocycles. The first kappa shape index (κ1) is 15.8. The van der Waals surface area contributed by atoms with Crippen LogP contribution in [0.3, 0.4) is 0 Å². The summed E-state index contributed by atoms with van der Waals surface area (Å²) in [5.41, 5.74) is 0.460. The highest BCUT2D eigenvalue weighted by atomic mass is 35.5. The van der Waals surface area contributed by atoms with Crippen molar-refractivity contribution in [2.24, 2.45) is 5.92 Å². The maximum atomic E-state index is 11.8. The third-order valence-corrected chi connectivity index (χ3v) is 4.01. The van der Waals surface area contributed by atoms with Gasteiger partial charge in [0.25, 0.3) is 5.91 Å². The Morgan fingerprint density at radius 2 is 1.95 bits per heavy atom. The fraction of sp³-hybridized carbons (Fsp3) is 0.467. The predicted molar refractivity (Wildman–Crippen MR) is 80.1 cm³/mol. The van der Waals surface area contributed by atoms with Crippen molar-refractivity contribution in [3.63, 3.8) is 0 Å². The molecule has 1 aromatic carbocycles. The van der Waals surface area contributed by atoms with Gasteiger partial charge in [-0.25, -0.2) is 0 Å². The smallest absolute Gasteiger partial charge is 0.251 e. The van der Waals surface area contributed by atoms with Crippen molar-refractivity contribution in [2.45, 2.75) is 25.3 Å². The molecule has 114 valence electrons. The number of nitrogens with one attached hydrogen (secondary N) is 2. The minimum absolute atomic E-state index is 0.00920. The second-order valence-electron chi connectivity index (χ2n) is 5.24. The minimum Gasteiger partial charge on any atom is -0.396 e. The fourth-order valence-electron chi connectivity index (χ4n) is 2.57. The van der Waals surface area contributed by atoms with Gasteiger partial charge in [-0.15, -0.1) is 0 Å². The molecule has 1 aliphatic carbocycles. The van der Waals surface area contributed by atoms with Gasteiger partial charge in [-0.1, -0.05) is 18.0 Å². The van der Waals surface area contributed by atoms with Gasteiger partial charge < -0.3 is 15.7 Å². The molecule has 3 N–H and O–H groups in total. The zero-order valence-electron chi connectivity index (χ0n) is 11.6. The standard InChI is InChI=1S/C15H19ClN2O3/c16-12-6-4-10(5-7-12)15(21)17-8-14(20)18-13-3-1-2-11(13)9-19/h4-7,11,13,19H,1-3,8-9H2,(H,17,21)(H,18,20). The first-order valence-corrected chi connectivity index (χ1v) is 7.42. The molecule has 5 nitrogen and oxygen atoms in total. The van der Waals surface area contributed by atoms with Gasteiger partial charge in [0.15, 0.2) is 0 Å². The Labute approximate surface area is 128 Å². The first-order valence-electron chi connectivity index (χ1n) is 7.04. The number of rotatable bonds is 5. The van der Waals surface area contributed by atoms with Gasteiger partial charge in [0, 0.05) is 29.2 Å². The topological polar surface area (TPSA) is 78.4 Å². The lowest BCUT2D eigenvalue weighted by Crippen LogP contribution is -2.44. The summed E-state index contributed by atoms with van der Waals surface area (Å²) in [6.07, 6.45) is 2.81. The third kappa shape index (κ3) is 4.44. The molecule has 1 aromatic rings. The van der Waals surface area contributed by atoms with Gasteiger partial charge in [-0.2, -0.15) is 0 Å². The highest BCUT2D eigenvalue weighted by Crippen LogP contribution is 2.24. The molecular formula is C15H19ClN2O3. The number of amides is 2. The highest BCUT2D eigenvalue weighted by Gasteiger charge is 2.27. The van der Waals surface area contributed by atoms with Gasteiger partial charge in [-0.05, 0) is 37.1 Å². The highest BCUT2D eigenvalue weighted by molar-refractivity contribution is 6.30. The Morgan fingerprint density at radius 1 is 1.24 bits per heavy atom. The molecule has 0 aliphatic heterocycles. The van der Waals surface area contributed by atoms with Crippen molar-refractivity contribution in [1.29, 1.82) is 0 Å². The van der Waals surface area contributed by atoms with E-state index in [2.05, 4.69) is 10.6 Å². The van der Waals surface area contributed by atoms with Crippen LogP contribution in [0.15, 0.2) is 24.3 Å². The molecule has 2 rings (SSSR count). The Morgan fingerprint density at radius 3 is 2.62 bits per heavy atom. The summed E-state index contributed by atoms with van der Waals surface area (Å²) in [7, 11) is 0. The van der Waals surface area contributed by atoms with Gasteiger partial charge in [0.1, 0.15) is 0 Å². The molecule has 2 amide bonds. The van der Waals surface area contributed by atoms with E-state index in [9.17, 15) is 14.7 Å². The summed E-state index contributed by atoms with van der Waals surface area (Å²) >= 11 is 5.75. The summed E-state index contributed by atoms with van der Waals surface area (Å²) in [5.74, 6) is -0.421. The molecule has 2 atom stereocenters. The fourth-order valence-corrected chi connectivity index (χ4v) is 2.69. The molecule has 6 heteroatoms. The van der Waals surface area contributed by atoms with E-state index in [1.54, 1.807) is 24.3 Å². The van der Waals surface area contributed by atoms with Crippen LogP contribution >= 0.6 is 11.6 Å². The van der Waals surface area contributed by atoms with Crippen LogP contribution in [-0.4, -0.2) is 36.1 Å². The summed E-state index contributed by atoms with van der Waals surface area (Å²) in [6.45, 7) is 0.0121. The van der Waals surface area contributed by atoms with Gasteiger partial charge in [0.05, 0.1) is 6.54 Å². The SMILES string of the molecule is O=C(CNC(=O)c1ccc(Cl)cc1)NC1CCCC1CO. The van der Waals surface area contributed by atoms with E-state index in [1.165, 1.54) is 0 Å². The van der Waals surface area contributed by atoms with Crippen molar-refractivity contribution < 1.29 is 14.7 Å². The van der Waals surface area contributed by atoms with Crippen LogP contribution in [0, 0.1) is 5.92 Å². The summed E-state index contributed by atoms with van der Waals surface area (Å²) in [5, 5.41) is 15.2. The molecule has 0 spiro atoms. The average Bonchev–Trinajstić information content (AvgIpc) is 2.92. The number of halogens is 1. The molecule has 0 radical (unpaired) electrons.